The molecule has 0 radical (unpaired) electrons. The van der Waals surface area contributed by atoms with E-state index in [0.717, 1.165) is 38.5 Å². The van der Waals surface area contributed by atoms with Gasteiger partial charge in [-0.25, -0.2) is 0 Å². The third kappa shape index (κ3) is 1.96. The van der Waals surface area contributed by atoms with E-state index >= 15 is 0 Å². The number of hydrogen-bond acceptors (Lipinski definition) is 3. The first-order valence-electron chi connectivity index (χ1n) is 9.30. The molecule has 1 saturated carbocycles. The Kier molecular flexibility index (Phi) is 3.58. The predicted octanol–water partition coefficient (Wildman–Crippen LogP) is 4.00. The van der Waals surface area contributed by atoms with Crippen LogP contribution in [0.25, 0.3) is 0 Å². The fraction of sp³-hybridized carbons (Fsp3) is 0.619. The number of fused-ring (bicyclic) bond motifs is 4. The number of carbonyl (C=O) groups is 1. The molecule has 0 spiro atoms. The van der Waals surface area contributed by atoms with E-state index in [9.17, 15) is 15.2 Å². The highest BCUT2D eigenvalue weighted by molar-refractivity contribution is 5.93. The van der Waals surface area contributed by atoms with Crippen LogP contribution in [0.1, 0.15) is 58.3 Å². The molecule has 1 N–H and O–H groups in total. The molecule has 126 valence electrons. The van der Waals surface area contributed by atoms with Gasteiger partial charge in [0, 0.05) is 11.8 Å². The van der Waals surface area contributed by atoms with Crippen LogP contribution in [-0.2, 0) is 4.79 Å². The number of ketones is 1. The van der Waals surface area contributed by atoms with Gasteiger partial charge in [-0.3, -0.25) is 4.79 Å². The molecule has 0 saturated heterocycles. The molecule has 0 aromatic rings. The van der Waals surface area contributed by atoms with Crippen LogP contribution in [0.4, 0.5) is 0 Å². The van der Waals surface area contributed by atoms with E-state index in [1.807, 2.05) is 6.08 Å². The first kappa shape index (κ1) is 15.8. The summed E-state index contributed by atoms with van der Waals surface area (Å²) in [4.78, 5) is 11.7. The van der Waals surface area contributed by atoms with E-state index < -0.39 is 5.60 Å². The van der Waals surface area contributed by atoms with Gasteiger partial charge < -0.3 is 5.11 Å². The third-order valence-electron chi connectivity index (χ3n) is 7.22. The van der Waals surface area contributed by atoms with E-state index in [1.165, 1.54) is 16.7 Å². The van der Waals surface area contributed by atoms with Crippen LogP contribution in [0.2, 0.25) is 0 Å². The van der Waals surface area contributed by atoms with Crippen molar-refractivity contribution in [2.45, 2.75) is 63.9 Å². The first-order valence-corrected chi connectivity index (χ1v) is 9.30. The minimum atomic E-state index is -0.882. The van der Waals surface area contributed by atoms with Gasteiger partial charge in [0.25, 0.3) is 0 Å². The van der Waals surface area contributed by atoms with Crippen molar-refractivity contribution in [3.05, 3.63) is 34.9 Å². The molecule has 0 bridgehead atoms. The fourth-order valence-electron chi connectivity index (χ4n) is 6.05. The maximum atomic E-state index is 11.7. The summed E-state index contributed by atoms with van der Waals surface area (Å²) in [5.41, 5.74) is 2.91. The van der Waals surface area contributed by atoms with Crippen molar-refractivity contribution in [2.24, 2.45) is 17.3 Å². The number of carbonyl (C=O) groups excluding carboxylic acids is 1. The van der Waals surface area contributed by atoms with Gasteiger partial charge in [0.15, 0.2) is 5.78 Å². The Balaban J connectivity index is 1.82. The lowest BCUT2D eigenvalue weighted by molar-refractivity contribution is -0.114. The minimum absolute atomic E-state index is 0.222. The van der Waals surface area contributed by atoms with Crippen molar-refractivity contribution < 1.29 is 9.90 Å². The predicted molar refractivity (Wildman–Crippen MR) is 91.8 cm³/mol. The van der Waals surface area contributed by atoms with Gasteiger partial charge in [0.2, 0.25) is 0 Å². The van der Waals surface area contributed by atoms with Crippen LogP contribution >= 0.6 is 0 Å². The topological polar surface area (TPSA) is 61.1 Å². The van der Waals surface area contributed by atoms with E-state index in [1.54, 1.807) is 0 Å². The smallest absolute Gasteiger partial charge is 0.156 e. The van der Waals surface area contributed by atoms with Crippen LogP contribution in [-0.4, -0.2) is 16.5 Å². The molecular weight excluding hydrogens is 298 g/mol. The average Bonchev–Trinajstić information content (AvgIpc) is 2.88. The van der Waals surface area contributed by atoms with Crippen LogP contribution in [0.3, 0.4) is 0 Å². The summed E-state index contributed by atoms with van der Waals surface area (Å²) in [6.45, 7) is 2.15. The molecule has 0 aromatic carbocycles. The third-order valence-corrected chi connectivity index (χ3v) is 7.22. The second-order valence-corrected chi connectivity index (χ2v) is 7.95. The second kappa shape index (κ2) is 5.43. The zero-order valence-corrected chi connectivity index (χ0v) is 14.3. The maximum Gasteiger partial charge on any atom is 0.156 e. The highest BCUT2D eigenvalue weighted by Crippen LogP contribution is 2.63. The van der Waals surface area contributed by atoms with Crippen molar-refractivity contribution in [2.75, 3.05) is 0 Å². The molecule has 0 amide bonds. The monoisotopic (exact) mass is 323 g/mol. The zero-order valence-electron chi connectivity index (χ0n) is 14.3. The Hall–Kier alpha value is -1.66. The standard InChI is InChI=1S/C21H25NO2/c1-2-20-9-7-17-16-6-4-15(23)13-14(16)3-5-18(17)19(20)8-10-21(20,24)11-12-22/h7,9,13,18-19,24H,2-6,8,10-11H2,1H3/t18-,19+,20+,21-/m1/s1. The molecule has 4 aliphatic rings. The summed E-state index contributed by atoms with van der Waals surface area (Å²) < 4.78 is 0. The van der Waals surface area contributed by atoms with Crippen molar-refractivity contribution in [1.29, 1.82) is 5.26 Å². The molecule has 4 aliphatic carbocycles. The highest BCUT2D eigenvalue weighted by Gasteiger charge is 2.60. The maximum absolute atomic E-state index is 11.7. The zero-order chi connectivity index (χ0) is 16.9. The molecule has 3 heteroatoms. The molecule has 1 fully saturated rings. The lowest BCUT2D eigenvalue weighted by atomic mass is 9.56. The number of aliphatic hydroxyl groups is 1. The van der Waals surface area contributed by atoms with Crippen molar-refractivity contribution in [3.8, 4) is 6.07 Å². The summed E-state index contributed by atoms with van der Waals surface area (Å²) in [7, 11) is 0. The Labute approximate surface area is 143 Å². The van der Waals surface area contributed by atoms with E-state index in [0.29, 0.717) is 18.3 Å². The van der Waals surface area contributed by atoms with Crippen molar-refractivity contribution >= 4 is 5.78 Å². The molecular formula is C21H25NO2. The summed E-state index contributed by atoms with van der Waals surface area (Å²) in [6.07, 6.45) is 12.7. The first-order chi connectivity index (χ1) is 11.5. The molecule has 4 atom stereocenters. The number of allylic oxidation sites excluding steroid dienone is 5. The summed E-state index contributed by atoms with van der Waals surface area (Å²) in [5, 5.41) is 20.5. The lowest BCUT2D eigenvalue weighted by Crippen LogP contribution is -2.49. The Morgan fingerprint density at radius 3 is 2.92 bits per heavy atom. The molecule has 0 unspecified atom stereocenters. The Bertz CT molecular complexity index is 723. The summed E-state index contributed by atoms with van der Waals surface area (Å²) in [6, 6.07) is 2.22. The van der Waals surface area contributed by atoms with Crippen LogP contribution in [0.5, 0.6) is 0 Å². The van der Waals surface area contributed by atoms with Gasteiger partial charge in [0.1, 0.15) is 0 Å². The number of rotatable bonds is 2. The Morgan fingerprint density at radius 2 is 2.17 bits per heavy atom. The molecule has 3 nitrogen and oxygen atoms in total. The molecule has 4 rings (SSSR count). The Morgan fingerprint density at radius 1 is 1.33 bits per heavy atom. The minimum Gasteiger partial charge on any atom is -0.388 e. The number of nitriles is 1. The largest absolute Gasteiger partial charge is 0.388 e. The van der Waals surface area contributed by atoms with Crippen molar-refractivity contribution in [3.63, 3.8) is 0 Å². The van der Waals surface area contributed by atoms with Gasteiger partial charge in [0.05, 0.1) is 18.1 Å². The van der Waals surface area contributed by atoms with Gasteiger partial charge in [-0.15, -0.1) is 0 Å². The van der Waals surface area contributed by atoms with Gasteiger partial charge in [-0.2, -0.15) is 5.26 Å². The van der Waals surface area contributed by atoms with Crippen LogP contribution < -0.4 is 0 Å². The fourth-order valence-corrected chi connectivity index (χ4v) is 6.05. The molecule has 0 aliphatic heterocycles. The quantitative estimate of drug-likeness (QED) is 0.835. The number of nitrogens with zero attached hydrogens (tertiary/aromatic N) is 1. The van der Waals surface area contributed by atoms with E-state index in [2.05, 4.69) is 25.1 Å². The van der Waals surface area contributed by atoms with Gasteiger partial charge in [-0.1, -0.05) is 19.1 Å². The summed E-state index contributed by atoms with van der Waals surface area (Å²) in [5.74, 6) is 1.16. The van der Waals surface area contributed by atoms with Crippen molar-refractivity contribution in [1.82, 2.24) is 0 Å². The SMILES string of the molecule is CC[C@]12C=CC3=C4CCC(=O)C=C4CC[C@H]3[C@@H]1CC[C@@]2(O)CC#N. The van der Waals surface area contributed by atoms with E-state index in [-0.39, 0.29) is 17.6 Å². The van der Waals surface area contributed by atoms with Gasteiger partial charge in [-0.05, 0) is 73.2 Å². The normalized spacial score (nSPS) is 40.5. The average molecular weight is 323 g/mol. The molecule has 0 aromatic heterocycles. The lowest BCUT2D eigenvalue weighted by Gasteiger charge is -2.49. The second-order valence-electron chi connectivity index (χ2n) is 7.95. The van der Waals surface area contributed by atoms with Crippen LogP contribution in [0, 0.1) is 28.6 Å². The summed E-state index contributed by atoms with van der Waals surface area (Å²) >= 11 is 0. The number of hydrogen-bond donors (Lipinski definition) is 1. The van der Waals surface area contributed by atoms with E-state index in [4.69, 9.17) is 0 Å². The van der Waals surface area contributed by atoms with Crippen LogP contribution in [0.15, 0.2) is 34.9 Å². The molecule has 24 heavy (non-hydrogen) atoms. The van der Waals surface area contributed by atoms with Gasteiger partial charge >= 0.3 is 0 Å². The molecule has 0 heterocycles. The highest BCUT2D eigenvalue weighted by atomic mass is 16.3.